The maximum atomic E-state index is 12.2. The number of aliphatic carboxylic acids is 1. The molecule has 8 nitrogen and oxygen atoms in total. The van der Waals surface area contributed by atoms with Gasteiger partial charge in [0.05, 0.1) is 12.3 Å². The van der Waals surface area contributed by atoms with Gasteiger partial charge in [-0.15, -0.1) is 0 Å². The van der Waals surface area contributed by atoms with Crippen molar-refractivity contribution in [3.05, 3.63) is 12.4 Å². The quantitative estimate of drug-likeness (QED) is 0.743. The third-order valence-corrected chi connectivity index (χ3v) is 4.72. The smallest absolute Gasteiger partial charge is 0.325 e. The first-order chi connectivity index (χ1) is 8.89. The molecule has 0 spiro atoms. The summed E-state index contributed by atoms with van der Waals surface area (Å²) in [5, 5.41) is 21.8. The fourth-order valence-corrected chi connectivity index (χ4v) is 3.46. The van der Waals surface area contributed by atoms with E-state index in [2.05, 4.69) is 5.10 Å². The van der Waals surface area contributed by atoms with Gasteiger partial charge in [-0.3, -0.25) is 9.48 Å². The summed E-state index contributed by atoms with van der Waals surface area (Å²) in [6.45, 7) is 0.0219. The summed E-state index contributed by atoms with van der Waals surface area (Å²) in [6.07, 6.45) is 2.84. The number of piperidine rings is 1. The van der Waals surface area contributed by atoms with Crippen molar-refractivity contribution in [2.24, 2.45) is 0 Å². The van der Waals surface area contributed by atoms with Gasteiger partial charge in [-0.1, -0.05) is 0 Å². The van der Waals surface area contributed by atoms with E-state index in [0.717, 1.165) is 10.9 Å². The molecule has 1 fully saturated rings. The van der Waals surface area contributed by atoms with Crippen LogP contribution in [0, 0.1) is 0 Å². The largest absolute Gasteiger partial charge is 0.480 e. The van der Waals surface area contributed by atoms with Crippen LogP contribution in [0.1, 0.15) is 12.8 Å². The van der Waals surface area contributed by atoms with Gasteiger partial charge in [-0.25, -0.2) is 8.42 Å². The van der Waals surface area contributed by atoms with Crippen LogP contribution in [0.4, 0.5) is 0 Å². The minimum atomic E-state index is -3.71. The van der Waals surface area contributed by atoms with Gasteiger partial charge >= 0.3 is 5.97 Å². The van der Waals surface area contributed by atoms with Crippen LogP contribution in [-0.2, 0) is 21.4 Å². The molecule has 0 unspecified atom stereocenters. The Labute approximate surface area is 110 Å². The van der Waals surface area contributed by atoms with Gasteiger partial charge < -0.3 is 10.2 Å². The number of carboxylic acid groups (broad SMARTS) is 1. The number of aliphatic hydroxyl groups excluding tert-OH is 1. The Bertz CT molecular complexity index is 567. The molecule has 0 radical (unpaired) electrons. The summed E-state index contributed by atoms with van der Waals surface area (Å²) in [5.41, 5.74) is 0. The third kappa shape index (κ3) is 3.11. The molecule has 1 aromatic rings. The number of carbonyl (C=O) groups is 1. The van der Waals surface area contributed by atoms with Gasteiger partial charge in [-0.05, 0) is 12.8 Å². The highest BCUT2D eigenvalue weighted by molar-refractivity contribution is 7.89. The van der Waals surface area contributed by atoms with E-state index in [1.54, 1.807) is 0 Å². The maximum Gasteiger partial charge on any atom is 0.325 e. The molecule has 1 atom stereocenters. The number of nitrogens with zero attached hydrogens (tertiary/aromatic N) is 3. The van der Waals surface area contributed by atoms with Gasteiger partial charge in [-0.2, -0.15) is 9.40 Å². The molecule has 0 amide bonds. The Morgan fingerprint density at radius 1 is 1.53 bits per heavy atom. The molecule has 0 saturated carbocycles. The highest BCUT2D eigenvalue weighted by Gasteiger charge is 2.30. The number of aliphatic hydroxyl groups is 1. The Balaban J connectivity index is 2.19. The molecule has 1 aliphatic rings. The van der Waals surface area contributed by atoms with Crippen molar-refractivity contribution in [3.8, 4) is 0 Å². The fraction of sp³-hybridized carbons (Fsp3) is 0.600. The molecule has 2 N–H and O–H groups in total. The van der Waals surface area contributed by atoms with Crippen LogP contribution in [0.15, 0.2) is 17.3 Å². The average molecular weight is 289 g/mol. The number of hydrogen-bond acceptors (Lipinski definition) is 5. The number of carboxylic acids is 1. The van der Waals surface area contributed by atoms with E-state index in [1.807, 2.05) is 0 Å². The molecule has 9 heteroatoms. The second-order valence-corrected chi connectivity index (χ2v) is 6.36. The third-order valence-electron chi connectivity index (χ3n) is 2.90. The van der Waals surface area contributed by atoms with Crippen LogP contribution in [0.25, 0.3) is 0 Å². The van der Waals surface area contributed by atoms with Crippen LogP contribution < -0.4 is 0 Å². The lowest BCUT2D eigenvalue weighted by molar-refractivity contribution is -0.137. The summed E-state index contributed by atoms with van der Waals surface area (Å²) in [6, 6.07) is 0. The second-order valence-electron chi connectivity index (χ2n) is 4.43. The number of hydrogen-bond donors (Lipinski definition) is 2. The van der Waals surface area contributed by atoms with E-state index in [4.69, 9.17) is 5.11 Å². The monoisotopic (exact) mass is 289 g/mol. The standard InChI is InChI=1S/C10H15N3O5S/c14-8-2-1-3-13(5-8)19(17,18)9-4-11-12(6-9)7-10(15)16/h4,6,8,14H,1-3,5,7H2,(H,15,16)/t8-/m0/s1. The lowest BCUT2D eigenvalue weighted by Gasteiger charge is -2.28. The molecule has 2 rings (SSSR count). The number of aromatic nitrogens is 2. The highest BCUT2D eigenvalue weighted by atomic mass is 32.2. The van der Waals surface area contributed by atoms with Gasteiger partial charge in [0.25, 0.3) is 0 Å². The lowest BCUT2D eigenvalue weighted by Crippen LogP contribution is -2.41. The molecule has 2 heterocycles. The van der Waals surface area contributed by atoms with Gasteiger partial charge in [0.2, 0.25) is 10.0 Å². The Kier molecular flexibility index (Phi) is 3.88. The van der Waals surface area contributed by atoms with Crippen LogP contribution >= 0.6 is 0 Å². The molecule has 1 saturated heterocycles. The zero-order valence-corrected chi connectivity index (χ0v) is 11.0. The van der Waals surface area contributed by atoms with E-state index in [9.17, 15) is 18.3 Å². The lowest BCUT2D eigenvalue weighted by atomic mass is 10.1. The summed E-state index contributed by atoms with van der Waals surface area (Å²) in [7, 11) is -3.71. The number of sulfonamides is 1. The maximum absolute atomic E-state index is 12.2. The molecular formula is C10H15N3O5S. The minimum absolute atomic E-state index is 0.0529. The Morgan fingerprint density at radius 3 is 2.89 bits per heavy atom. The zero-order valence-electron chi connectivity index (χ0n) is 10.1. The molecule has 1 aliphatic heterocycles. The molecule has 19 heavy (non-hydrogen) atoms. The van der Waals surface area contributed by atoms with Crippen molar-refractivity contribution in [1.29, 1.82) is 0 Å². The van der Waals surface area contributed by atoms with E-state index in [-0.39, 0.29) is 11.4 Å². The van der Waals surface area contributed by atoms with Crippen LogP contribution in [-0.4, -0.2) is 57.9 Å². The van der Waals surface area contributed by atoms with Crippen molar-refractivity contribution in [3.63, 3.8) is 0 Å². The SMILES string of the molecule is O=C(O)Cn1cc(S(=O)(=O)N2CCC[C@H](O)C2)cn1. The van der Waals surface area contributed by atoms with Crippen LogP contribution in [0.3, 0.4) is 0 Å². The van der Waals surface area contributed by atoms with Crippen molar-refractivity contribution in [2.75, 3.05) is 13.1 Å². The van der Waals surface area contributed by atoms with Crippen molar-refractivity contribution in [1.82, 2.24) is 14.1 Å². The summed E-state index contributed by atoms with van der Waals surface area (Å²) in [5.74, 6) is -1.10. The number of rotatable bonds is 4. The predicted octanol–water partition coefficient (Wildman–Crippen LogP) is -0.887. The Morgan fingerprint density at radius 2 is 2.26 bits per heavy atom. The van der Waals surface area contributed by atoms with E-state index < -0.39 is 28.6 Å². The number of β-amino-alcohol motifs (C(OH)–C–C–N with tert-alkyl or cyclic N) is 1. The summed E-state index contributed by atoms with van der Waals surface area (Å²) in [4.78, 5) is 10.5. The molecule has 0 aliphatic carbocycles. The van der Waals surface area contributed by atoms with Crippen molar-refractivity contribution >= 4 is 16.0 Å². The van der Waals surface area contributed by atoms with E-state index >= 15 is 0 Å². The van der Waals surface area contributed by atoms with E-state index in [0.29, 0.717) is 19.4 Å². The zero-order chi connectivity index (χ0) is 14.0. The van der Waals surface area contributed by atoms with Gasteiger partial charge in [0, 0.05) is 19.3 Å². The highest BCUT2D eigenvalue weighted by Crippen LogP contribution is 2.20. The van der Waals surface area contributed by atoms with E-state index in [1.165, 1.54) is 10.5 Å². The molecule has 106 valence electrons. The predicted molar refractivity (Wildman–Crippen MR) is 63.9 cm³/mol. The van der Waals surface area contributed by atoms with Gasteiger partial charge in [0.15, 0.2) is 0 Å². The molecule has 1 aromatic heterocycles. The first kappa shape index (κ1) is 14.0. The average Bonchev–Trinajstić information content (AvgIpc) is 2.77. The summed E-state index contributed by atoms with van der Waals surface area (Å²) < 4.78 is 26.7. The molecule has 0 bridgehead atoms. The summed E-state index contributed by atoms with van der Waals surface area (Å²) >= 11 is 0. The second kappa shape index (κ2) is 5.27. The van der Waals surface area contributed by atoms with Crippen LogP contribution in [0.2, 0.25) is 0 Å². The van der Waals surface area contributed by atoms with Gasteiger partial charge in [0.1, 0.15) is 11.4 Å². The Hall–Kier alpha value is -1.45. The van der Waals surface area contributed by atoms with Crippen molar-refractivity contribution in [2.45, 2.75) is 30.4 Å². The topological polar surface area (TPSA) is 113 Å². The first-order valence-electron chi connectivity index (χ1n) is 5.82. The normalized spacial score (nSPS) is 21.4. The molecular weight excluding hydrogens is 274 g/mol. The first-order valence-corrected chi connectivity index (χ1v) is 7.26. The molecule has 0 aromatic carbocycles. The van der Waals surface area contributed by atoms with Crippen molar-refractivity contribution < 1.29 is 23.4 Å². The fourth-order valence-electron chi connectivity index (χ4n) is 1.99. The van der Waals surface area contributed by atoms with Crippen LogP contribution in [0.5, 0.6) is 0 Å². The minimum Gasteiger partial charge on any atom is -0.480 e.